The first-order valence-electron chi connectivity index (χ1n) is 8.27. The number of thiazole rings is 1. The van der Waals surface area contributed by atoms with Gasteiger partial charge in [-0.3, -0.25) is 9.20 Å². The zero-order valence-corrected chi connectivity index (χ0v) is 15.2. The van der Waals surface area contributed by atoms with Crippen LogP contribution < -0.4 is 10.6 Å². The van der Waals surface area contributed by atoms with Crippen LogP contribution in [0.3, 0.4) is 0 Å². The van der Waals surface area contributed by atoms with Gasteiger partial charge < -0.3 is 10.6 Å². The lowest BCUT2D eigenvalue weighted by Crippen LogP contribution is -2.37. The van der Waals surface area contributed by atoms with E-state index in [1.54, 1.807) is 11.3 Å². The molecule has 0 aliphatic carbocycles. The number of nitrogens with zero attached hydrogens (tertiary/aromatic N) is 4. The van der Waals surface area contributed by atoms with Crippen molar-refractivity contribution in [3.8, 4) is 0 Å². The van der Waals surface area contributed by atoms with Crippen LogP contribution in [0.2, 0.25) is 0 Å². The average Bonchev–Trinajstić information content (AvgIpc) is 3.21. The predicted molar refractivity (Wildman–Crippen MR) is 102 cm³/mol. The van der Waals surface area contributed by atoms with E-state index in [4.69, 9.17) is 0 Å². The Kier molecular flexibility index (Phi) is 4.26. The van der Waals surface area contributed by atoms with Crippen LogP contribution in [0, 0.1) is 6.92 Å². The van der Waals surface area contributed by atoms with Gasteiger partial charge in [-0.05, 0) is 26.0 Å². The summed E-state index contributed by atoms with van der Waals surface area (Å²) in [5.74, 6) is 0.546. The van der Waals surface area contributed by atoms with E-state index in [-0.39, 0.29) is 5.91 Å². The Labute approximate surface area is 154 Å². The molecule has 4 rings (SSSR count). The number of nitrogens with one attached hydrogen (secondary N) is 2. The van der Waals surface area contributed by atoms with Crippen molar-refractivity contribution in [2.24, 2.45) is 0 Å². The van der Waals surface area contributed by atoms with Gasteiger partial charge in [-0.25, -0.2) is 15.0 Å². The van der Waals surface area contributed by atoms with Crippen molar-refractivity contribution in [2.75, 3.05) is 5.32 Å². The number of hydrogen-bond acceptors (Lipinski definition) is 6. The fourth-order valence-corrected chi connectivity index (χ4v) is 3.47. The summed E-state index contributed by atoms with van der Waals surface area (Å²) in [5.41, 5.74) is 2.80. The average molecular weight is 366 g/mol. The summed E-state index contributed by atoms with van der Waals surface area (Å²) >= 11 is 1.57. The maximum Gasteiger partial charge on any atom is 0.242 e. The fraction of sp³-hybridized carbons (Fsp3) is 0.222. The van der Waals surface area contributed by atoms with Crippen molar-refractivity contribution in [2.45, 2.75) is 26.4 Å². The van der Waals surface area contributed by atoms with E-state index in [0.29, 0.717) is 12.4 Å². The summed E-state index contributed by atoms with van der Waals surface area (Å²) in [7, 11) is 0. The molecule has 4 aromatic rings. The summed E-state index contributed by atoms with van der Waals surface area (Å²) in [6.07, 6.45) is 5.37. The minimum Gasteiger partial charge on any atom is -0.358 e. The van der Waals surface area contributed by atoms with Gasteiger partial charge in [-0.2, -0.15) is 0 Å². The monoisotopic (exact) mass is 366 g/mol. The molecule has 7 nitrogen and oxygen atoms in total. The molecule has 0 unspecified atom stereocenters. The highest BCUT2D eigenvalue weighted by Crippen LogP contribution is 2.21. The summed E-state index contributed by atoms with van der Waals surface area (Å²) in [4.78, 5) is 26.4. The molecule has 0 saturated carbocycles. The van der Waals surface area contributed by atoms with Crippen LogP contribution in [-0.4, -0.2) is 31.3 Å². The van der Waals surface area contributed by atoms with Crippen molar-refractivity contribution in [1.82, 2.24) is 24.7 Å². The number of carbonyl (C=O) groups is 1. The van der Waals surface area contributed by atoms with Gasteiger partial charge in [0.15, 0.2) is 4.96 Å². The van der Waals surface area contributed by atoms with Gasteiger partial charge in [-0.15, -0.1) is 11.3 Å². The van der Waals surface area contributed by atoms with Crippen molar-refractivity contribution in [3.63, 3.8) is 0 Å². The normalized spacial score (nSPS) is 12.4. The second-order valence-electron chi connectivity index (χ2n) is 6.15. The Morgan fingerprint density at radius 3 is 3.08 bits per heavy atom. The zero-order chi connectivity index (χ0) is 18.1. The molecule has 3 heterocycles. The van der Waals surface area contributed by atoms with Crippen molar-refractivity contribution in [3.05, 3.63) is 53.6 Å². The second-order valence-corrected chi connectivity index (χ2v) is 7.02. The SMILES string of the molecule is Cc1ccc2ncnc(N[C@@H](C)C(=O)NCc3cn4ccsc4n3)c2c1. The Hall–Kier alpha value is -3.00. The number of aryl methyl sites for hydroxylation is 1. The quantitative estimate of drug-likeness (QED) is 0.567. The molecular formula is C18H18N6OS. The molecule has 0 saturated heterocycles. The Bertz CT molecular complexity index is 1060. The van der Waals surface area contributed by atoms with Crippen LogP contribution in [0.5, 0.6) is 0 Å². The standard InChI is InChI=1S/C18H18N6OS/c1-11-3-4-15-14(7-11)16(21-10-20-15)22-12(2)17(25)19-8-13-9-24-5-6-26-18(24)23-13/h3-7,9-10,12H,8H2,1-2H3,(H,19,25)(H,20,21,22)/t12-/m0/s1. The minimum atomic E-state index is -0.433. The maximum atomic E-state index is 12.4. The first-order chi connectivity index (χ1) is 12.6. The number of carbonyl (C=O) groups excluding carboxylic acids is 1. The molecular weight excluding hydrogens is 348 g/mol. The molecule has 26 heavy (non-hydrogen) atoms. The molecule has 1 atom stereocenters. The molecule has 2 N–H and O–H groups in total. The largest absolute Gasteiger partial charge is 0.358 e. The van der Waals surface area contributed by atoms with E-state index >= 15 is 0 Å². The predicted octanol–water partition coefficient (Wildman–Crippen LogP) is 2.76. The molecule has 1 aromatic carbocycles. The van der Waals surface area contributed by atoms with Gasteiger partial charge in [0.2, 0.25) is 5.91 Å². The molecule has 1 amide bonds. The number of anilines is 1. The number of rotatable bonds is 5. The smallest absolute Gasteiger partial charge is 0.242 e. The van der Waals surface area contributed by atoms with E-state index < -0.39 is 6.04 Å². The van der Waals surface area contributed by atoms with Crippen molar-refractivity contribution < 1.29 is 4.79 Å². The van der Waals surface area contributed by atoms with Crippen LogP contribution in [-0.2, 0) is 11.3 Å². The molecule has 132 valence electrons. The topological polar surface area (TPSA) is 84.2 Å². The summed E-state index contributed by atoms with van der Waals surface area (Å²) < 4.78 is 1.95. The van der Waals surface area contributed by atoms with Gasteiger partial charge in [0.1, 0.15) is 18.2 Å². The molecule has 3 aromatic heterocycles. The first-order valence-corrected chi connectivity index (χ1v) is 9.15. The summed E-state index contributed by atoms with van der Waals surface area (Å²) in [5, 5.41) is 8.98. The van der Waals surface area contributed by atoms with E-state index in [0.717, 1.165) is 27.1 Å². The highest BCUT2D eigenvalue weighted by molar-refractivity contribution is 7.15. The van der Waals surface area contributed by atoms with Gasteiger partial charge >= 0.3 is 0 Å². The van der Waals surface area contributed by atoms with Gasteiger partial charge in [-0.1, -0.05) is 11.6 Å². The molecule has 0 bridgehead atoms. The van der Waals surface area contributed by atoms with E-state index in [2.05, 4.69) is 25.6 Å². The van der Waals surface area contributed by atoms with Crippen molar-refractivity contribution >= 4 is 38.9 Å². The van der Waals surface area contributed by atoms with Crippen LogP contribution in [0.4, 0.5) is 5.82 Å². The number of amides is 1. The Balaban J connectivity index is 1.44. The van der Waals surface area contributed by atoms with Crippen LogP contribution in [0.15, 0.2) is 42.3 Å². The third kappa shape index (κ3) is 3.23. The third-order valence-corrected chi connectivity index (χ3v) is 4.89. The lowest BCUT2D eigenvalue weighted by atomic mass is 10.1. The number of imidazole rings is 1. The number of hydrogen-bond donors (Lipinski definition) is 2. The highest BCUT2D eigenvalue weighted by Gasteiger charge is 2.15. The molecule has 8 heteroatoms. The zero-order valence-electron chi connectivity index (χ0n) is 14.4. The van der Waals surface area contributed by atoms with Gasteiger partial charge in [0.25, 0.3) is 0 Å². The lowest BCUT2D eigenvalue weighted by Gasteiger charge is -2.15. The second kappa shape index (κ2) is 6.72. The maximum absolute atomic E-state index is 12.4. The van der Waals surface area contributed by atoms with Gasteiger partial charge in [0, 0.05) is 23.2 Å². The van der Waals surface area contributed by atoms with Crippen molar-refractivity contribution in [1.29, 1.82) is 0 Å². The van der Waals surface area contributed by atoms with E-state index in [1.165, 1.54) is 6.33 Å². The molecule has 0 aliphatic heterocycles. The Morgan fingerprint density at radius 1 is 1.35 bits per heavy atom. The third-order valence-electron chi connectivity index (χ3n) is 4.12. The molecule has 0 aliphatic rings. The summed E-state index contributed by atoms with van der Waals surface area (Å²) in [6, 6.07) is 5.54. The number of benzene rings is 1. The van der Waals surface area contributed by atoms with E-state index in [9.17, 15) is 4.79 Å². The molecule has 0 spiro atoms. The van der Waals surface area contributed by atoms with Gasteiger partial charge in [0.05, 0.1) is 17.8 Å². The highest BCUT2D eigenvalue weighted by atomic mass is 32.1. The fourth-order valence-electron chi connectivity index (χ4n) is 2.75. The van der Waals surface area contributed by atoms with Crippen LogP contribution in [0.1, 0.15) is 18.2 Å². The molecule has 0 radical (unpaired) electrons. The van der Waals surface area contributed by atoms with Crippen LogP contribution >= 0.6 is 11.3 Å². The Morgan fingerprint density at radius 2 is 2.23 bits per heavy atom. The van der Waals surface area contributed by atoms with E-state index in [1.807, 2.05) is 54.2 Å². The number of aromatic nitrogens is 4. The first kappa shape index (κ1) is 16.5. The number of fused-ring (bicyclic) bond motifs is 2. The minimum absolute atomic E-state index is 0.110. The lowest BCUT2D eigenvalue weighted by molar-refractivity contribution is -0.121. The summed E-state index contributed by atoms with van der Waals surface area (Å²) in [6.45, 7) is 4.22. The van der Waals surface area contributed by atoms with Crippen LogP contribution in [0.25, 0.3) is 15.9 Å². The molecule has 0 fully saturated rings.